The van der Waals surface area contributed by atoms with Gasteiger partial charge in [0.1, 0.15) is 5.82 Å². The minimum atomic E-state index is -0.177. The van der Waals surface area contributed by atoms with E-state index in [1.165, 1.54) is 0 Å². The zero-order valence-electron chi connectivity index (χ0n) is 12.8. The van der Waals surface area contributed by atoms with Crippen molar-refractivity contribution in [1.82, 2.24) is 10.6 Å². The summed E-state index contributed by atoms with van der Waals surface area (Å²) in [7, 11) is 1.66. The Bertz CT molecular complexity index is 484. The van der Waals surface area contributed by atoms with E-state index in [9.17, 15) is 9.18 Å². The molecule has 1 amide bonds. The summed E-state index contributed by atoms with van der Waals surface area (Å²) in [5.74, 6) is -0.0257. The van der Waals surface area contributed by atoms with Gasteiger partial charge in [-0.25, -0.2) is 4.39 Å². The molecule has 2 N–H and O–H groups in total. The number of piperidine rings is 1. The van der Waals surface area contributed by atoms with Crippen molar-refractivity contribution in [2.45, 2.75) is 26.3 Å². The molecule has 0 unspecified atom stereocenters. The molecule has 1 aliphatic heterocycles. The highest BCUT2D eigenvalue weighted by molar-refractivity contribution is 5.78. The maximum atomic E-state index is 14.2. The molecule has 0 aromatic heterocycles. The van der Waals surface area contributed by atoms with Crippen LogP contribution in [0.5, 0.6) is 0 Å². The summed E-state index contributed by atoms with van der Waals surface area (Å²) in [5, 5.41) is 5.88. The molecule has 0 spiro atoms. The van der Waals surface area contributed by atoms with Gasteiger partial charge in [0.2, 0.25) is 5.91 Å². The molecule has 1 aromatic carbocycles. The molecule has 2 rings (SSSR count). The van der Waals surface area contributed by atoms with Crippen molar-refractivity contribution in [3.8, 4) is 0 Å². The quantitative estimate of drug-likeness (QED) is 0.871. The van der Waals surface area contributed by atoms with Gasteiger partial charge < -0.3 is 15.5 Å². The van der Waals surface area contributed by atoms with Gasteiger partial charge in [-0.2, -0.15) is 0 Å². The van der Waals surface area contributed by atoms with Gasteiger partial charge in [0.25, 0.3) is 0 Å². The topological polar surface area (TPSA) is 44.4 Å². The Kier molecular flexibility index (Phi) is 5.56. The van der Waals surface area contributed by atoms with E-state index < -0.39 is 0 Å². The van der Waals surface area contributed by atoms with Crippen molar-refractivity contribution in [2.75, 3.05) is 31.6 Å². The third kappa shape index (κ3) is 3.94. The summed E-state index contributed by atoms with van der Waals surface area (Å²) in [6.45, 7) is 5.03. The molecule has 4 nitrogen and oxygen atoms in total. The highest BCUT2D eigenvalue weighted by Crippen LogP contribution is 2.26. The number of carbonyl (C=O) groups is 1. The number of carbonyl (C=O) groups excluding carboxylic acids is 1. The molecule has 0 aliphatic carbocycles. The second kappa shape index (κ2) is 7.41. The summed E-state index contributed by atoms with van der Waals surface area (Å²) in [6.07, 6.45) is 1.55. The van der Waals surface area contributed by atoms with E-state index in [1.54, 1.807) is 13.1 Å². The number of nitrogens with one attached hydrogen (secondary N) is 2. The first-order valence-corrected chi connectivity index (χ1v) is 7.61. The van der Waals surface area contributed by atoms with Gasteiger partial charge in [0, 0.05) is 32.6 Å². The minimum Gasteiger partial charge on any atom is -0.369 e. The summed E-state index contributed by atoms with van der Waals surface area (Å²) < 4.78 is 14.2. The van der Waals surface area contributed by atoms with Crippen LogP contribution in [-0.4, -0.2) is 32.6 Å². The van der Waals surface area contributed by atoms with E-state index in [4.69, 9.17) is 0 Å². The molecule has 1 saturated heterocycles. The van der Waals surface area contributed by atoms with Gasteiger partial charge >= 0.3 is 0 Å². The van der Waals surface area contributed by atoms with E-state index in [2.05, 4.69) is 10.6 Å². The van der Waals surface area contributed by atoms with Crippen LogP contribution in [-0.2, 0) is 11.3 Å². The zero-order valence-corrected chi connectivity index (χ0v) is 12.8. The Morgan fingerprint density at radius 1 is 1.38 bits per heavy atom. The molecular formula is C16H24FN3O. The maximum Gasteiger partial charge on any atom is 0.222 e. The van der Waals surface area contributed by atoms with E-state index in [-0.39, 0.29) is 17.6 Å². The highest BCUT2D eigenvalue weighted by atomic mass is 19.1. The maximum absolute atomic E-state index is 14.2. The summed E-state index contributed by atoms with van der Waals surface area (Å²) in [4.78, 5) is 13.6. The average molecular weight is 293 g/mol. The monoisotopic (exact) mass is 293 g/mol. The van der Waals surface area contributed by atoms with Crippen molar-refractivity contribution >= 4 is 11.6 Å². The molecule has 1 fully saturated rings. The second-order valence-corrected chi connectivity index (χ2v) is 5.44. The van der Waals surface area contributed by atoms with Crippen LogP contribution in [0.25, 0.3) is 0 Å². The van der Waals surface area contributed by atoms with Gasteiger partial charge in [-0.1, -0.05) is 13.0 Å². The van der Waals surface area contributed by atoms with Crippen LogP contribution >= 0.6 is 0 Å². The van der Waals surface area contributed by atoms with E-state index >= 15 is 0 Å². The van der Waals surface area contributed by atoms with Gasteiger partial charge in [-0.15, -0.1) is 0 Å². The molecule has 0 radical (unpaired) electrons. The molecule has 5 heteroatoms. The fourth-order valence-corrected chi connectivity index (χ4v) is 2.77. The van der Waals surface area contributed by atoms with Crippen LogP contribution in [0.15, 0.2) is 18.2 Å². The Labute approximate surface area is 125 Å². The fraction of sp³-hybridized carbons (Fsp3) is 0.562. The minimum absolute atomic E-state index is 0.0577. The molecule has 21 heavy (non-hydrogen) atoms. The lowest BCUT2D eigenvalue weighted by atomic mass is 9.95. The third-order valence-electron chi connectivity index (χ3n) is 4.04. The van der Waals surface area contributed by atoms with Crippen LogP contribution < -0.4 is 15.5 Å². The summed E-state index contributed by atoms with van der Waals surface area (Å²) in [6, 6.07) is 5.41. The lowest BCUT2D eigenvalue weighted by molar-refractivity contribution is -0.125. The van der Waals surface area contributed by atoms with Gasteiger partial charge in [0.05, 0.1) is 5.69 Å². The normalized spacial score (nSPS) is 16.0. The number of hydrogen-bond acceptors (Lipinski definition) is 3. The number of hydrogen-bond donors (Lipinski definition) is 2. The Balaban J connectivity index is 1.98. The van der Waals surface area contributed by atoms with Crippen LogP contribution in [0.3, 0.4) is 0 Å². The molecule has 1 aliphatic rings. The SMILES string of the molecule is CCNCc1ccc(N2CCC(C(=O)NC)CC2)c(F)c1. The smallest absolute Gasteiger partial charge is 0.222 e. The largest absolute Gasteiger partial charge is 0.369 e. The number of nitrogens with zero attached hydrogens (tertiary/aromatic N) is 1. The molecule has 1 aromatic rings. The third-order valence-corrected chi connectivity index (χ3v) is 4.04. The molecule has 0 atom stereocenters. The number of anilines is 1. The molecule has 0 bridgehead atoms. The second-order valence-electron chi connectivity index (χ2n) is 5.44. The lowest BCUT2D eigenvalue weighted by Gasteiger charge is -2.33. The highest BCUT2D eigenvalue weighted by Gasteiger charge is 2.25. The number of halogens is 1. The van der Waals surface area contributed by atoms with Crippen LogP contribution in [0, 0.1) is 11.7 Å². The lowest BCUT2D eigenvalue weighted by Crippen LogP contribution is -2.39. The van der Waals surface area contributed by atoms with Crippen LogP contribution in [0.4, 0.5) is 10.1 Å². The van der Waals surface area contributed by atoms with Gasteiger partial charge in [-0.3, -0.25) is 4.79 Å². The Morgan fingerprint density at radius 2 is 2.10 bits per heavy atom. The van der Waals surface area contributed by atoms with Crippen LogP contribution in [0.1, 0.15) is 25.3 Å². The Hall–Kier alpha value is -1.62. The molecule has 116 valence electrons. The predicted molar refractivity (Wildman–Crippen MR) is 82.8 cm³/mol. The van der Waals surface area contributed by atoms with E-state index in [0.29, 0.717) is 12.2 Å². The van der Waals surface area contributed by atoms with Gasteiger partial charge in [-0.05, 0) is 37.1 Å². The number of rotatable bonds is 5. The fourth-order valence-electron chi connectivity index (χ4n) is 2.77. The first kappa shape index (κ1) is 15.8. The van der Waals surface area contributed by atoms with Crippen molar-refractivity contribution < 1.29 is 9.18 Å². The Morgan fingerprint density at radius 3 is 2.67 bits per heavy atom. The zero-order chi connectivity index (χ0) is 15.2. The van der Waals surface area contributed by atoms with E-state index in [1.807, 2.05) is 24.0 Å². The number of benzene rings is 1. The van der Waals surface area contributed by atoms with Gasteiger partial charge in [0.15, 0.2) is 0 Å². The first-order chi connectivity index (χ1) is 10.2. The first-order valence-electron chi connectivity index (χ1n) is 7.61. The van der Waals surface area contributed by atoms with Crippen molar-refractivity contribution in [3.63, 3.8) is 0 Å². The summed E-state index contributed by atoms with van der Waals surface area (Å²) in [5.41, 5.74) is 1.60. The van der Waals surface area contributed by atoms with Crippen molar-refractivity contribution in [3.05, 3.63) is 29.6 Å². The average Bonchev–Trinajstić information content (AvgIpc) is 2.52. The molecule has 0 saturated carbocycles. The summed E-state index contributed by atoms with van der Waals surface area (Å²) >= 11 is 0. The predicted octanol–water partition coefficient (Wildman–Crippen LogP) is 1.90. The number of amides is 1. The molecular weight excluding hydrogens is 269 g/mol. The van der Waals surface area contributed by atoms with Crippen molar-refractivity contribution in [1.29, 1.82) is 0 Å². The standard InChI is InChI=1S/C16H24FN3O/c1-3-19-11-12-4-5-15(14(17)10-12)20-8-6-13(7-9-20)16(21)18-2/h4-5,10,13,19H,3,6-9,11H2,1-2H3,(H,18,21). The van der Waals surface area contributed by atoms with E-state index in [0.717, 1.165) is 38.0 Å². The van der Waals surface area contributed by atoms with Crippen molar-refractivity contribution in [2.24, 2.45) is 5.92 Å². The van der Waals surface area contributed by atoms with Crippen LogP contribution in [0.2, 0.25) is 0 Å². The molecule has 1 heterocycles.